The molecule has 0 radical (unpaired) electrons. The van der Waals surface area contributed by atoms with Gasteiger partial charge in [0.2, 0.25) is 0 Å². The fraction of sp³-hybridized carbons (Fsp3) is 0.250. The molecule has 0 bridgehead atoms. The Kier molecular flexibility index (Phi) is 4.88. The molecule has 2 aromatic rings. The van der Waals surface area contributed by atoms with Gasteiger partial charge in [-0.2, -0.15) is 0 Å². The lowest BCUT2D eigenvalue weighted by atomic mass is 10.2. The summed E-state index contributed by atoms with van der Waals surface area (Å²) in [6.07, 6.45) is 0. The summed E-state index contributed by atoms with van der Waals surface area (Å²) in [5.74, 6) is 0.362. The number of methoxy groups -OCH3 is 1. The van der Waals surface area contributed by atoms with E-state index in [-0.39, 0.29) is 12.5 Å². The zero-order chi connectivity index (χ0) is 16.3. The van der Waals surface area contributed by atoms with Crippen molar-refractivity contribution in [1.29, 1.82) is 0 Å². The summed E-state index contributed by atoms with van der Waals surface area (Å²) < 4.78 is 10.2. The summed E-state index contributed by atoms with van der Waals surface area (Å²) in [4.78, 5) is 25.3. The van der Waals surface area contributed by atoms with Gasteiger partial charge in [-0.15, -0.1) is 0 Å². The standard InChI is InChI=1S/C16H16ClNO4/c1-10-14(16(20)21-3)8-13(22-10)9-18(2)15(19)11-4-6-12(17)7-5-11/h4-8H,9H2,1-3H3. The van der Waals surface area contributed by atoms with Gasteiger partial charge in [0.1, 0.15) is 17.1 Å². The summed E-state index contributed by atoms with van der Waals surface area (Å²) >= 11 is 5.81. The quantitative estimate of drug-likeness (QED) is 0.811. The number of nitrogens with zero attached hydrogens (tertiary/aromatic N) is 1. The number of carbonyl (C=O) groups excluding carboxylic acids is 2. The Labute approximate surface area is 133 Å². The third-order valence-electron chi connectivity index (χ3n) is 3.20. The van der Waals surface area contributed by atoms with Crippen LogP contribution in [0.3, 0.4) is 0 Å². The van der Waals surface area contributed by atoms with Crippen molar-refractivity contribution in [2.24, 2.45) is 0 Å². The molecule has 0 saturated carbocycles. The molecule has 1 aromatic heterocycles. The van der Waals surface area contributed by atoms with Gasteiger partial charge in [0, 0.05) is 17.6 Å². The maximum Gasteiger partial charge on any atom is 0.341 e. The van der Waals surface area contributed by atoms with Crippen LogP contribution >= 0.6 is 11.6 Å². The summed E-state index contributed by atoms with van der Waals surface area (Å²) in [5.41, 5.74) is 0.896. The normalized spacial score (nSPS) is 10.4. The minimum atomic E-state index is -0.459. The van der Waals surface area contributed by atoms with Gasteiger partial charge in [-0.05, 0) is 37.3 Å². The average molecular weight is 322 g/mol. The van der Waals surface area contributed by atoms with E-state index in [0.717, 1.165) is 0 Å². The van der Waals surface area contributed by atoms with Gasteiger partial charge >= 0.3 is 5.97 Å². The number of amides is 1. The highest BCUT2D eigenvalue weighted by Crippen LogP contribution is 2.18. The van der Waals surface area contributed by atoms with Crippen LogP contribution in [0.25, 0.3) is 0 Å². The number of aryl methyl sites for hydroxylation is 1. The third-order valence-corrected chi connectivity index (χ3v) is 3.46. The van der Waals surface area contributed by atoms with Crippen LogP contribution in [0.2, 0.25) is 5.02 Å². The first-order chi connectivity index (χ1) is 10.4. The number of halogens is 1. The van der Waals surface area contributed by atoms with E-state index in [1.165, 1.54) is 12.0 Å². The molecule has 0 aliphatic rings. The molecular formula is C16H16ClNO4. The first kappa shape index (κ1) is 16.1. The molecule has 1 aromatic carbocycles. The number of hydrogen-bond acceptors (Lipinski definition) is 4. The van der Waals surface area contributed by atoms with Crippen molar-refractivity contribution in [3.8, 4) is 0 Å². The van der Waals surface area contributed by atoms with E-state index >= 15 is 0 Å². The second kappa shape index (κ2) is 6.66. The van der Waals surface area contributed by atoms with Crippen LogP contribution in [0.5, 0.6) is 0 Å². The number of benzene rings is 1. The number of ether oxygens (including phenoxy) is 1. The molecule has 0 unspecified atom stereocenters. The van der Waals surface area contributed by atoms with Crippen LogP contribution in [0.1, 0.15) is 32.2 Å². The van der Waals surface area contributed by atoms with E-state index in [0.29, 0.717) is 27.7 Å². The summed E-state index contributed by atoms with van der Waals surface area (Å²) in [5, 5.41) is 0.573. The first-order valence-electron chi connectivity index (χ1n) is 6.61. The van der Waals surface area contributed by atoms with Crippen molar-refractivity contribution >= 4 is 23.5 Å². The average Bonchev–Trinajstić information content (AvgIpc) is 2.87. The molecule has 0 aliphatic carbocycles. The molecule has 1 amide bonds. The highest BCUT2D eigenvalue weighted by molar-refractivity contribution is 6.30. The molecular weight excluding hydrogens is 306 g/mol. The smallest absolute Gasteiger partial charge is 0.341 e. The molecule has 2 rings (SSSR count). The summed E-state index contributed by atoms with van der Waals surface area (Å²) in [7, 11) is 2.97. The molecule has 0 aliphatic heterocycles. The van der Waals surface area contributed by atoms with E-state index in [4.69, 9.17) is 16.0 Å². The lowest BCUT2D eigenvalue weighted by molar-refractivity contribution is 0.0598. The molecule has 0 fully saturated rings. The van der Waals surface area contributed by atoms with E-state index in [1.807, 2.05) is 0 Å². The molecule has 22 heavy (non-hydrogen) atoms. The Morgan fingerprint density at radius 1 is 1.27 bits per heavy atom. The van der Waals surface area contributed by atoms with Crippen LogP contribution < -0.4 is 0 Å². The predicted octanol–water partition coefficient (Wildman–Crippen LogP) is 3.30. The topological polar surface area (TPSA) is 59.8 Å². The van der Waals surface area contributed by atoms with Crippen molar-refractivity contribution in [3.05, 3.63) is 58.0 Å². The first-order valence-corrected chi connectivity index (χ1v) is 6.99. The van der Waals surface area contributed by atoms with E-state index in [9.17, 15) is 9.59 Å². The summed E-state index contributed by atoms with van der Waals surface area (Å²) in [6.45, 7) is 1.93. The fourth-order valence-electron chi connectivity index (χ4n) is 2.05. The van der Waals surface area contributed by atoms with E-state index < -0.39 is 5.97 Å². The van der Waals surface area contributed by atoms with Gasteiger partial charge < -0.3 is 14.1 Å². The lowest BCUT2D eigenvalue weighted by Crippen LogP contribution is -2.25. The lowest BCUT2D eigenvalue weighted by Gasteiger charge is -2.15. The number of furan rings is 1. The Bertz CT molecular complexity index is 691. The summed E-state index contributed by atoms with van der Waals surface area (Å²) in [6, 6.07) is 8.24. The number of hydrogen-bond donors (Lipinski definition) is 0. The number of carbonyl (C=O) groups is 2. The zero-order valence-electron chi connectivity index (χ0n) is 12.6. The van der Waals surface area contributed by atoms with Crippen LogP contribution in [0, 0.1) is 6.92 Å². The van der Waals surface area contributed by atoms with Gasteiger partial charge in [0.25, 0.3) is 5.91 Å². The van der Waals surface area contributed by atoms with Crippen molar-refractivity contribution in [1.82, 2.24) is 4.90 Å². The fourth-order valence-corrected chi connectivity index (χ4v) is 2.18. The van der Waals surface area contributed by atoms with Crippen LogP contribution in [-0.4, -0.2) is 30.9 Å². The molecule has 0 saturated heterocycles. The molecule has 6 heteroatoms. The highest BCUT2D eigenvalue weighted by atomic mass is 35.5. The Morgan fingerprint density at radius 2 is 1.91 bits per heavy atom. The SMILES string of the molecule is COC(=O)c1cc(CN(C)C(=O)c2ccc(Cl)cc2)oc1C. The predicted molar refractivity (Wildman–Crippen MR) is 82.0 cm³/mol. The maximum atomic E-state index is 12.3. The number of rotatable bonds is 4. The molecule has 0 N–H and O–H groups in total. The van der Waals surface area contributed by atoms with E-state index in [2.05, 4.69) is 4.74 Å². The zero-order valence-corrected chi connectivity index (χ0v) is 13.3. The molecule has 116 valence electrons. The molecule has 0 atom stereocenters. The van der Waals surface area contributed by atoms with Crippen molar-refractivity contribution in [3.63, 3.8) is 0 Å². The van der Waals surface area contributed by atoms with E-state index in [1.54, 1.807) is 44.3 Å². The van der Waals surface area contributed by atoms with Crippen LogP contribution in [0.15, 0.2) is 34.7 Å². The van der Waals surface area contributed by atoms with Crippen molar-refractivity contribution in [2.45, 2.75) is 13.5 Å². The molecule has 5 nitrogen and oxygen atoms in total. The van der Waals surface area contributed by atoms with Gasteiger partial charge in [-0.25, -0.2) is 4.79 Å². The van der Waals surface area contributed by atoms with Gasteiger partial charge in [0.15, 0.2) is 0 Å². The Morgan fingerprint density at radius 3 is 2.50 bits per heavy atom. The van der Waals surface area contributed by atoms with Crippen LogP contribution in [0.4, 0.5) is 0 Å². The maximum absolute atomic E-state index is 12.3. The molecule has 1 heterocycles. The minimum absolute atomic E-state index is 0.162. The van der Waals surface area contributed by atoms with Gasteiger partial charge in [-0.1, -0.05) is 11.6 Å². The highest BCUT2D eigenvalue weighted by Gasteiger charge is 2.18. The largest absolute Gasteiger partial charge is 0.465 e. The van der Waals surface area contributed by atoms with Crippen LogP contribution in [-0.2, 0) is 11.3 Å². The third kappa shape index (κ3) is 3.49. The minimum Gasteiger partial charge on any atom is -0.465 e. The van der Waals surface area contributed by atoms with Gasteiger partial charge in [0.05, 0.1) is 13.7 Å². The second-order valence-electron chi connectivity index (χ2n) is 4.84. The van der Waals surface area contributed by atoms with Gasteiger partial charge in [-0.3, -0.25) is 4.79 Å². The Balaban J connectivity index is 2.11. The van der Waals surface area contributed by atoms with Crippen molar-refractivity contribution < 1.29 is 18.7 Å². The molecule has 0 spiro atoms. The number of esters is 1. The second-order valence-corrected chi connectivity index (χ2v) is 5.28. The van der Waals surface area contributed by atoms with Crippen molar-refractivity contribution in [2.75, 3.05) is 14.2 Å². The monoisotopic (exact) mass is 321 g/mol. The Hall–Kier alpha value is -2.27.